The summed E-state index contributed by atoms with van der Waals surface area (Å²) in [6.45, 7) is 0. The standard InChI is InChI=1S/C8H6F3O2S/c1-14(12,13)4-5-2-6(9)3-7(10)8(5)11/h2-3H,1,4H2. The van der Waals surface area contributed by atoms with Crippen LogP contribution >= 0.6 is 0 Å². The SMILES string of the molecule is [CH2]S(=O)(=O)Cc1cc(F)cc(F)c1F. The summed E-state index contributed by atoms with van der Waals surface area (Å²) in [5.41, 5.74) is -0.558. The highest BCUT2D eigenvalue weighted by molar-refractivity contribution is 7.91. The second-order valence-electron chi connectivity index (χ2n) is 2.75. The van der Waals surface area contributed by atoms with Gasteiger partial charge in [0.15, 0.2) is 21.5 Å². The number of halogens is 3. The minimum absolute atomic E-state index is 0.342. The van der Waals surface area contributed by atoms with Crippen molar-refractivity contribution in [3.63, 3.8) is 0 Å². The monoisotopic (exact) mass is 223 g/mol. The molecule has 14 heavy (non-hydrogen) atoms. The summed E-state index contributed by atoms with van der Waals surface area (Å²) >= 11 is 0. The predicted molar refractivity (Wildman–Crippen MR) is 44.3 cm³/mol. The summed E-state index contributed by atoms with van der Waals surface area (Å²) in [5.74, 6) is -4.63. The van der Waals surface area contributed by atoms with Gasteiger partial charge in [-0.2, -0.15) is 0 Å². The Bertz CT molecular complexity index is 454. The minimum atomic E-state index is -3.76. The number of benzene rings is 1. The molecule has 0 bridgehead atoms. The van der Waals surface area contributed by atoms with E-state index in [1.54, 1.807) is 0 Å². The zero-order chi connectivity index (χ0) is 10.9. The lowest BCUT2D eigenvalue weighted by molar-refractivity contribution is 0.487. The Kier molecular flexibility index (Phi) is 2.84. The molecule has 0 aliphatic rings. The third kappa shape index (κ3) is 2.73. The molecule has 1 aromatic rings. The van der Waals surface area contributed by atoms with E-state index < -0.39 is 38.6 Å². The Labute approximate surface area is 79.3 Å². The lowest BCUT2D eigenvalue weighted by Gasteiger charge is -2.02. The summed E-state index contributed by atoms with van der Waals surface area (Å²) < 4.78 is 59.3. The van der Waals surface area contributed by atoms with Crippen LogP contribution in [0.5, 0.6) is 0 Å². The van der Waals surface area contributed by atoms with E-state index in [1.165, 1.54) is 0 Å². The van der Waals surface area contributed by atoms with Gasteiger partial charge in [-0.15, -0.1) is 0 Å². The molecule has 6 heteroatoms. The topological polar surface area (TPSA) is 34.1 Å². The van der Waals surface area contributed by atoms with Crippen LogP contribution in [-0.2, 0) is 15.6 Å². The molecule has 2 nitrogen and oxygen atoms in total. The molecule has 1 radical (unpaired) electrons. The number of rotatable bonds is 2. The highest BCUT2D eigenvalue weighted by Crippen LogP contribution is 2.16. The molecule has 0 amide bonds. The van der Waals surface area contributed by atoms with Crippen LogP contribution in [-0.4, -0.2) is 8.42 Å². The molecular weight excluding hydrogens is 217 g/mol. The molecule has 0 aromatic heterocycles. The second-order valence-corrected chi connectivity index (χ2v) is 4.52. The van der Waals surface area contributed by atoms with Gasteiger partial charge in [-0.1, -0.05) is 0 Å². The van der Waals surface area contributed by atoms with E-state index in [4.69, 9.17) is 0 Å². The minimum Gasteiger partial charge on any atom is -0.228 e. The van der Waals surface area contributed by atoms with Crippen LogP contribution < -0.4 is 0 Å². The van der Waals surface area contributed by atoms with Gasteiger partial charge in [-0.25, -0.2) is 21.6 Å². The van der Waals surface area contributed by atoms with Gasteiger partial charge in [0.25, 0.3) is 0 Å². The van der Waals surface area contributed by atoms with Crippen LogP contribution in [0.1, 0.15) is 5.56 Å². The van der Waals surface area contributed by atoms with Crippen molar-refractivity contribution in [2.75, 3.05) is 0 Å². The van der Waals surface area contributed by atoms with Crippen molar-refractivity contribution in [2.24, 2.45) is 0 Å². The first-order valence-electron chi connectivity index (χ1n) is 3.49. The van der Waals surface area contributed by atoms with Crippen molar-refractivity contribution in [2.45, 2.75) is 5.75 Å². The summed E-state index contributed by atoms with van der Waals surface area (Å²) in [6.07, 6.45) is 2.73. The third-order valence-corrected chi connectivity index (χ3v) is 2.19. The molecule has 0 spiro atoms. The molecule has 0 atom stereocenters. The lowest BCUT2D eigenvalue weighted by atomic mass is 10.2. The molecule has 0 heterocycles. The van der Waals surface area contributed by atoms with Crippen LogP contribution in [0.3, 0.4) is 0 Å². The fourth-order valence-corrected chi connectivity index (χ4v) is 1.64. The maximum absolute atomic E-state index is 12.9. The Morgan fingerprint density at radius 1 is 1.21 bits per heavy atom. The maximum Gasteiger partial charge on any atom is 0.163 e. The van der Waals surface area contributed by atoms with E-state index in [0.717, 1.165) is 0 Å². The van der Waals surface area contributed by atoms with Crippen LogP contribution in [0.4, 0.5) is 13.2 Å². The van der Waals surface area contributed by atoms with Crippen molar-refractivity contribution < 1.29 is 21.6 Å². The Hall–Kier alpha value is -1.04. The average Bonchev–Trinajstić information content (AvgIpc) is 1.96. The highest BCUT2D eigenvalue weighted by atomic mass is 32.2. The average molecular weight is 223 g/mol. The smallest absolute Gasteiger partial charge is 0.163 e. The fraction of sp³-hybridized carbons (Fsp3) is 0.125. The van der Waals surface area contributed by atoms with E-state index in [0.29, 0.717) is 12.1 Å². The van der Waals surface area contributed by atoms with Crippen molar-refractivity contribution >= 4 is 9.84 Å². The van der Waals surface area contributed by atoms with Crippen LogP contribution in [0.15, 0.2) is 12.1 Å². The number of hydrogen-bond donors (Lipinski definition) is 0. The van der Waals surface area contributed by atoms with Crippen molar-refractivity contribution in [3.05, 3.63) is 41.4 Å². The predicted octanol–water partition coefficient (Wildman–Crippen LogP) is 1.81. The van der Waals surface area contributed by atoms with Gasteiger partial charge in [-0.05, 0) is 6.07 Å². The molecule has 0 saturated carbocycles. The first kappa shape index (κ1) is 11.0. The van der Waals surface area contributed by atoms with Crippen molar-refractivity contribution in [1.82, 2.24) is 0 Å². The summed E-state index contributed by atoms with van der Waals surface area (Å²) in [7, 11) is -3.76. The van der Waals surface area contributed by atoms with Gasteiger partial charge in [0, 0.05) is 11.6 Å². The maximum atomic E-state index is 12.9. The number of sulfone groups is 1. The fourth-order valence-electron chi connectivity index (χ4n) is 0.951. The van der Waals surface area contributed by atoms with Gasteiger partial charge >= 0.3 is 0 Å². The van der Waals surface area contributed by atoms with E-state index >= 15 is 0 Å². The second kappa shape index (κ2) is 3.61. The molecule has 0 aliphatic heterocycles. The Morgan fingerprint density at radius 2 is 1.79 bits per heavy atom. The van der Waals surface area contributed by atoms with E-state index in [-0.39, 0.29) is 0 Å². The first-order valence-corrected chi connectivity index (χ1v) is 5.31. The van der Waals surface area contributed by atoms with Gasteiger partial charge in [0.2, 0.25) is 0 Å². The third-order valence-electron chi connectivity index (χ3n) is 1.44. The van der Waals surface area contributed by atoms with E-state index in [9.17, 15) is 21.6 Å². The van der Waals surface area contributed by atoms with Gasteiger partial charge < -0.3 is 0 Å². The Balaban J connectivity index is 3.22. The molecule has 1 rings (SSSR count). The van der Waals surface area contributed by atoms with E-state index in [2.05, 4.69) is 6.26 Å². The number of hydrogen-bond acceptors (Lipinski definition) is 2. The van der Waals surface area contributed by atoms with Crippen molar-refractivity contribution in [3.8, 4) is 0 Å². The summed E-state index contributed by atoms with van der Waals surface area (Å²) in [5, 5.41) is 0. The molecule has 0 aliphatic carbocycles. The van der Waals surface area contributed by atoms with Crippen molar-refractivity contribution in [1.29, 1.82) is 0 Å². The molecule has 1 aromatic carbocycles. The zero-order valence-electron chi connectivity index (χ0n) is 6.93. The normalized spacial score (nSPS) is 11.7. The summed E-state index contributed by atoms with van der Waals surface area (Å²) in [6, 6.07) is 0.968. The molecular formula is C8H6F3O2S. The van der Waals surface area contributed by atoms with Gasteiger partial charge in [0.1, 0.15) is 5.82 Å². The largest absolute Gasteiger partial charge is 0.228 e. The molecule has 0 fully saturated rings. The Morgan fingerprint density at radius 3 is 2.29 bits per heavy atom. The molecule has 0 N–H and O–H groups in total. The highest BCUT2D eigenvalue weighted by Gasteiger charge is 2.15. The van der Waals surface area contributed by atoms with Gasteiger partial charge in [0.05, 0.1) is 12.0 Å². The molecule has 0 unspecified atom stereocenters. The molecule has 77 valence electrons. The zero-order valence-corrected chi connectivity index (χ0v) is 7.74. The van der Waals surface area contributed by atoms with Gasteiger partial charge in [-0.3, -0.25) is 0 Å². The first-order chi connectivity index (χ1) is 6.29. The van der Waals surface area contributed by atoms with E-state index in [1.807, 2.05) is 0 Å². The molecule has 0 saturated heterocycles. The van der Waals surface area contributed by atoms with Crippen LogP contribution in [0, 0.1) is 23.7 Å². The van der Waals surface area contributed by atoms with Crippen LogP contribution in [0.25, 0.3) is 0 Å². The quantitative estimate of drug-likeness (QED) is 0.716. The van der Waals surface area contributed by atoms with Crippen LogP contribution in [0.2, 0.25) is 0 Å². The summed E-state index contributed by atoms with van der Waals surface area (Å²) in [4.78, 5) is 0. The lowest BCUT2D eigenvalue weighted by Crippen LogP contribution is -2.03.